The summed E-state index contributed by atoms with van der Waals surface area (Å²) in [5.74, 6) is 3.52. The minimum absolute atomic E-state index is 0.0490. The summed E-state index contributed by atoms with van der Waals surface area (Å²) in [7, 11) is 0. The van der Waals surface area contributed by atoms with E-state index in [9.17, 15) is 0 Å². The highest BCUT2D eigenvalue weighted by molar-refractivity contribution is 7.99. The second-order valence-corrected chi connectivity index (χ2v) is 6.99. The molecule has 0 radical (unpaired) electrons. The van der Waals surface area contributed by atoms with Crippen molar-refractivity contribution in [1.82, 2.24) is 15.0 Å². The van der Waals surface area contributed by atoms with Crippen molar-refractivity contribution in [2.45, 2.75) is 36.9 Å². The van der Waals surface area contributed by atoms with Gasteiger partial charge >= 0.3 is 0 Å². The van der Waals surface area contributed by atoms with Crippen LogP contribution in [0.1, 0.15) is 36.6 Å². The van der Waals surface area contributed by atoms with E-state index in [0.29, 0.717) is 17.8 Å². The van der Waals surface area contributed by atoms with E-state index in [2.05, 4.69) is 15.0 Å². The molecule has 3 aliphatic rings. The summed E-state index contributed by atoms with van der Waals surface area (Å²) < 4.78 is 11.3. The first kappa shape index (κ1) is 13.1. The third kappa shape index (κ3) is 2.26. The first-order valence-corrected chi connectivity index (χ1v) is 8.49. The molecule has 3 aliphatic heterocycles. The molecule has 0 aliphatic carbocycles. The lowest BCUT2D eigenvalue weighted by molar-refractivity contribution is -0.0548. The van der Waals surface area contributed by atoms with Crippen molar-refractivity contribution in [2.24, 2.45) is 5.73 Å². The van der Waals surface area contributed by atoms with Crippen LogP contribution in [0.25, 0.3) is 0 Å². The molecule has 2 N–H and O–H groups in total. The van der Waals surface area contributed by atoms with Crippen LogP contribution < -0.4 is 5.73 Å². The molecule has 0 aromatic carbocycles. The molecule has 0 bridgehead atoms. The molecule has 0 spiro atoms. The van der Waals surface area contributed by atoms with E-state index >= 15 is 0 Å². The van der Waals surface area contributed by atoms with Gasteiger partial charge in [0, 0.05) is 30.1 Å². The number of thioether (sulfide) groups is 1. The Kier molecular flexibility index (Phi) is 3.45. The van der Waals surface area contributed by atoms with E-state index in [4.69, 9.17) is 15.0 Å². The molecule has 0 amide bonds. The van der Waals surface area contributed by atoms with Gasteiger partial charge in [0.05, 0.1) is 12.5 Å². The van der Waals surface area contributed by atoms with Crippen LogP contribution in [0, 0.1) is 0 Å². The van der Waals surface area contributed by atoms with Gasteiger partial charge in [-0.2, -0.15) is 16.7 Å². The number of rotatable bonds is 2. The minimum atomic E-state index is -0.0490. The number of aromatic nitrogens is 2. The predicted octanol–water partition coefficient (Wildman–Crippen LogP) is 0.763. The SMILES string of the molecule is NC1CSCC1c1nc(C2CN3CCCC3CO2)no1. The highest BCUT2D eigenvalue weighted by Gasteiger charge is 2.36. The van der Waals surface area contributed by atoms with E-state index < -0.39 is 0 Å². The third-order valence-electron chi connectivity index (χ3n) is 4.58. The van der Waals surface area contributed by atoms with Crippen LogP contribution in [0.4, 0.5) is 0 Å². The number of nitrogens with two attached hydrogens (primary N) is 1. The van der Waals surface area contributed by atoms with Crippen molar-refractivity contribution < 1.29 is 9.26 Å². The van der Waals surface area contributed by atoms with E-state index in [1.54, 1.807) is 0 Å². The van der Waals surface area contributed by atoms with Crippen molar-refractivity contribution in [1.29, 1.82) is 0 Å². The van der Waals surface area contributed by atoms with E-state index in [0.717, 1.165) is 24.7 Å². The van der Waals surface area contributed by atoms with E-state index in [1.807, 2.05) is 11.8 Å². The smallest absolute Gasteiger partial charge is 0.232 e. The van der Waals surface area contributed by atoms with Crippen LogP contribution in [-0.2, 0) is 4.74 Å². The van der Waals surface area contributed by atoms with Crippen molar-refractivity contribution in [3.05, 3.63) is 11.7 Å². The Morgan fingerprint density at radius 1 is 1.35 bits per heavy atom. The predicted molar refractivity (Wildman–Crippen MR) is 75.6 cm³/mol. The first-order valence-electron chi connectivity index (χ1n) is 7.34. The molecule has 4 heterocycles. The van der Waals surface area contributed by atoms with Gasteiger partial charge in [-0.1, -0.05) is 5.16 Å². The normalized spacial score (nSPS) is 38.2. The lowest BCUT2D eigenvalue weighted by atomic mass is 10.1. The molecule has 6 nitrogen and oxygen atoms in total. The number of hydrogen-bond donors (Lipinski definition) is 1. The summed E-state index contributed by atoms with van der Waals surface area (Å²) in [5, 5.41) is 4.13. The first-order chi connectivity index (χ1) is 9.81. The molecule has 4 rings (SSSR count). The Morgan fingerprint density at radius 2 is 2.30 bits per heavy atom. The largest absolute Gasteiger partial charge is 0.367 e. The molecule has 3 saturated heterocycles. The van der Waals surface area contributed by atoms with Gasteiger partial charge in [0.25, 0.3) is 0 Å². The Balaban J connectivity index is 1.47. The molecule has 20 heavy (non-hydrogen) atoms. The van der Waals surface area contributed by atoms with Gasteiger partial charge in [-0.05, 0) is 19.4 Å². The second kappa shape index (κ2) is 5.29. The maximum atomic E-state index is 6.08. The molecule has 1 aromatic rings. The van der Waals surface area contributed by atoms with Gasteiger partial charge in [0.2, 0.25) is 11.7 Å². The molecule has 7 heteroatoms. The van der Waals surface area contributed by atoms with Crippen LogP contribution in [0.2, 0.25) is 0 Å². The Labute approximate surface area is 122 Å². The summed E-state index contributed by atoms with van der Waals surface area (Å²) in [4.78, 5) is 7.05. The summed E-state index contributed by atoms with van der Waals surface area (Å²) in [6, 6.07) is 0.723. The molecular formula is C13H20N4O2S. The highest BCUT2D eigenvalue weighted by atomic mass is 32.2. The van der Waals surface area contributed by atoms with Crippen molar-refractivity contribution in [3.63, 3.8) is 0 Å². The van der Waals surface area contributed by atoms with Crippen molar-refractivity contribution >= 4 is 11.8 Å². The molecule has 4 unspecified atom stereocenters. The molecule has 4 atom stereocenters. The molecular weight excluding hydrogens is 276 g/mol. The Morgan fingerprint density at radius 3 is 3.15 bits per heavy atom. The number of ether oxygens (including phenoxy) is 1. The van der Waals surface area contributed by atoms with Gasteiger partial charge in [0.15, 0.2) is 0 Å². The second-order valence-electron chi connectivity index (χ2n) is 5.91. The van der Waals surface area contributed by atoms with Crippen molar-refractivity contribution in [3.8, 4) is 0 Å². The van der Waals surface area contributed by atoms with Gasteiger partial charge in [0.1, 0.15) is 6.10 Å². The summed E-state index contributed by atoms with van der Waals surface area (Å²) in [6.07, 6.45) is 2.47. The maximum Gasteiger partial charge on any atom is 0.232 e. The number of fused-ring (bicyclic) bond motifs is 1. The Bertz CT molecular complexity index is 483. The zero-order valence-electron chi connectivity index (χ0n) is 11.4. The quantitative estimate of drug-likeness (QED) is 0.863. The fourth-order valence-electron chi connectivity index (χ4n) is 3.33. The van der Waals surface area contributed by atoms with Gasteiger partial charge in [-0.25, -0.2) is 0 Å². The minimum Gasteiger partial charge on any atom is -0.367 e. The van der Waals surface area contributed by atoms with E-state index in [-0.39, 0.29) is 18.1 Å². The topological polar surface area (TPSA) is 77.4 Å². The van der Waals surface area contributed by atoms with Crippen LogP contribution in [-0.4, -0.2) is 58.3 Å². The molecule has 3 fully saturated rings. The third-order valence-corrected chi connectivity index (χ3v) is 5.79. The monoisotopic (exact) mass is 296 g/mol. The fraction of sp³-hybridized carbons (Fsp3) is 0.846. The van der Waals surface area contributed by atoms with Crippen LogP contribution >= 0.6 is 11.8 Å². The summed E-state index contributed by atoms with van der Waals surface area (Å²) in [5.41, 5.74) is 6.08. The van der Waals surface area contributed by atoms with Gasteiger partial charge in [-0.15, -0.1) is 0 Å². The van der Waals surface area contributed by atoms with Crippen LogP contribution in [0.15, 0.2) is 4.52 Å². The zero-order chi connectivity index (χ0) is 13.5. The average Bonchev–Trinajstić information content (AvgIpc) is 3.17. The summed E-state index contributed by atoms with van der Waals surface area (Å²) >= 11 is 1.85. The maximum absolute atomic E-state index is 6.08. The molecule has 110 valence electrons. The van der Waals surface area contributed by atoms with Gasteiger partial charge in [-0.3, -0.25) is 4.90 Å². The standard InChI is InChI=1S/C13H20N4O2S/c14-10-7-20-6-9(10)13-15-12(16-19-13)11-4-17-3-1-2-8(17)5-18-11/h8-11H,1-7,14H2. The van der Waals surface area contributed by atoms with Crippen molar-refractivity contribution in [2.75, 3.05) is 31.2 Å². The molecule has 0 saturated carbocycles. The summed E-state index contributed by atoms with van der Waals surface area (Å²) in [6.45, 7) is 2.84. The Hall–Kier alpha value is -0.630. The zero-order valence-corrected chi connectivity index (χ0v) is 12.2. The number of nitrogens with zero attached hydrogens (tertiary/aromatic N) is 3. The fourth-order valence-corrected chi connectivity index (χ4v) is 4.61. The van der Waals surface area contributed by atoms with Crippen LogP contribution in [0.5, 0.6) is 0 Å². The number of hydrogen-bond acceptors (Lipinski definition) is 7. The van der Waals surface area contributed by atoms with E-state index in [1.165, 1.54) is 19.4 Å². The lowest BCUT2D eigenvalue weighted by Gasteiger charge is -2.33. The van der Waals surface area contributed by atoms with Gasteiger partial charge < -0.3 is 15.0 Å². The lowest BCUT2D eigenvalue weighted by Crippen LogP contribution is -2.42. The average molecular weight is 296 g/mol. The number of morpholine rings is 1. The molecule has 1 aromatic heterocycles. The highest BCUT2D eigenvalue weighted by Crippen LogP contribution is 2.33. The van der Waals surface area contributed by atoms with Crippen LogP contribution in [0.3, 0.4) is 0 Å².